The molecule has 2 aliphatic rings. The maximum atomic E-state index is 13.3. The summed E-state index contributed by atoms with van der Waals surface area (Å²) < 4.78 is 39.2. The smallest absolute Gasteiger partial charge is 0.252 e. The van der Waals surface area contributed by atoms with E-state index in [0.717, 1.165) is 70.0 Å². The topological polar surface area (TPSA) is 100 Å². The van der Waals surface area contributed by atoms with Crippen molar-refractivity contribution in [3.05, 3.63) is 46.8 Å². The average Bonchev–Trinajstić information content (AvgIpc) is 3.29. The van der Waals surface area contributed by atoms with Crippen LogP contribution in [0.1, 0.15) is 40.9 Å². The molecule has 2 N–H and O–H groups in total. The Morgan fingerprint density at radius 1 is 1.14 bits per heavy atom. The lowest BCUT2D eigenvalue weighted by Gasteiger charge is -2.26. The third kappa shape index (κ3) is 7.98. The lowest BCUT2D eigenvalue weighted by Crippen LogP contribution is -2.39. The van der Waals surface area contributed by atoms with Gasteiger partial charge < -0.3 is 20.1 Å². The van der Waals surface area contributed by atoms with Crippen molar-refractivity contribution in [3.63, 3.8) is 0 Å². The normalized spacial score (nSPS) is 19.9. The molecule has 2 saturated heterocycles. The van der Waals surface area contributed by atoms with Gasteiger partial charge in [-0.25, -0.2) is 8.42 Å². The number of methoxy groups -OCH3 is 1. The first kappa shape index (κ1) is 28.0. The highest BCUT2D eigenvalue weighted by molar-refractivity contribution is 7.91. The third-order valence-corrected chi connectivity index (χ3v) is 10.3. The number of carbonyl (C=O) groups excluding carboxylic acids is 1. The first-order valence-corrected chi connectivity index (χ1v) is 15.3. The Morgan fingerprint density at radius 3 is 2.78 bits per heavy atom. The van der Waals surface area contributed by atoms with E-state index in [1.807, 2.05) is 0 Å². The largest absolute Gasteiger partial charge is 0.497 e. The number of amides is 1. The van der Waals surface area contributed by atoms with E-state index in [0.29, 0.717) is 34.7 Å². The van der Waals surface area contributed by atoms with Crippen LogP contribution in [0.5, 0.6) is 5.75 Å². The van der Waals surface area contributed by atoms with Gasteiger partial charge in [0.05, 0.1) is 26.9 Å². The van der Waals surface area contributed by atoms with Crippen LogP contribution in [0.25, 0.3) is 0 Å². The van der Waals surface area contributed by atoms with Crippen molar-refractivity contribution >= 4 is 27.3 Å². The number of thiophene rings is 1. The van der Waals surface area contributed by atoms with E-state index in [1.54, 1.807) is 47.8 Å². The molecule has 204 valence electrons. The van der Waals surface area contributed by atoms with Gasteiger partial charge in [0.25, 0.3) is 15.9 Å². The zero-order valence-corrected chi connectivity index (χ0v) is 23.1. The molecular formula is C26H38N4O5S2. The second-order valence-corrected chi connectivity index (χ2v) is 12.8. The van der Waals surface area contributed by atoms with Gasteiger partial charge in [-0.1, -0.05) is 6.07 Å². The Balaban J connectivity index is 1.23. The molecule has 0 spiro atoms. The van der Waals surface area contributed by atoms with Crippen LogP contribution in [0.3, 0.4) is 0 Å². The fraction of sp³-hybridized carbons (Fsp3) is 0.577. The molecule has 1 atom stereocenters. The number of ether oxygens (including phenoxy) is 2. The highest BCUT2D eigenvalue weighted by Gasteiger charge is 2.29. The number of morpholine rings is 1. The standard InChI is InChI=1S/C26H38N4O5S2/c1-34-23-7-2-5-21(19-23)26(31)28-20-24-8-9-25(36-24)37(32,33)30-13-3-6-22(10-14-30)27-11-4-12-29-15-17-35-18-16-29/h2,5,7-9,19,22,27H,3-4,6,10-18,20H2,1H3,(H,28,31). The van der Waals surface area contributed by atoms with E-state index in [4.69, 9.17) is 9.47 Å². The van der Waals surface area contributed by atoms with Crippen molar-refractivity contribution in [2.75, 3.05) is 59.6 Å². The first-order chi connectivity index (χ1) is 18.0. The van der Waals surface area contributed by atoms with Crippen LogP contribution in [0.2, 0.25) is 0 Å². The minimum absolute atomic E-state index is 0.229. The Kier molecular flexibility index (Phi) is 10.4. The van der Waals surface area contributed by atoms with Crippen LogP contribution in [0.15, 0.2) is 40.6 Å². The third-order valence-electron chi connectivity index (χ3n) is 6.86. The Hall–Kier alpha value is -2.02. The number of sulfonamides is 1. The minimum Gasteiger partial charge on any atom is -0.497 e. The van der Waals surface area contributed by atoms with Gasteiger partial charge in [-0.15, -0.1) is 11.3 Å². The Morgan fingerprint density at radius 2 is 1.97 bits per heavy atom. The summed E-state index contributed by atoms with van der Waals surface area (Å²) >= 11 is 1.22. The van der Waals surface area contributed by atoms with Gasteiger partial charge in [0, 0.05) is 42.7 Å². The Labute approximate surface area is 224 Å². The summed E-state index contributed by atoms with van der Waals surface area (Å²) in [5.41, 5.74) is 0.498. The predicted octanol–water partition coefficient (Wildman–Crippen LogP) is 2.54. The van der Waals surface area contributed by atoms with Gasteiger partial charge >= 0.3 is 0 Å². The molecule has 37 heavy (non-hydrogen) atoms. The van der Waals surface area contributed by atoms with E-state index < -0.39 is 10.0 Å². The maximum absolute atomic E-state index is 13.3. The lowest BCUT2D eigenvalue weighted by atomic mass is 10.1. The van der Waals surface area contributed by atoms with Crippen molar-refractivity contribution in [2.45, 2.75) is 42.5 Å². The SMILES string of the molecule is COc1cccc(C(=O)NCc2ccc(S(=O)(=O)N3CCCC(NCCCN4CCOCC4)CC3)s2)c1. The van der Waals surface area contributed by atoms with Gasteiger partial charge in [-0.05, 0) is 69.1 Å². The second-order valence-electron chi connectivity index (χ2n) is 9.43. The average molecular weight is 551 g/mol. The van der Waals surface area contributed by atoms with Crippen molar-refractivity contribution < 1.29 is 22.7 Å². The molecule has 1 amide bonds. The van der Waals surface area contributed by atoms with Gasteiger partial charge in [0.1, 0.15) is 9.96 Å². The van der Waals surface area contributed by atoms with Crippen LogP contribution >= 0.6 is 11.3 Å². The van der Waals surface area contributed by atoms with E-state index in [9.17, 15) is 13.2 Å². The maximum Gasteiger partial charge on any atom is 0.252 e. The number of nitrogens with one attached hydrogen (secondary N) is 2. The summed E-state index contributed by atoms with van der Waals surface area (Å²) in [5, 5.41) is 6.50. The van der Waals surface area contributed by atoms with Crippen molar-refractivity contribution in [1.82, 2.24) is 19.8 Å². The number of hydrogen-bond acceptors (Lipinski definition) is 8. The van der Waals surface area contributed by atoms with Crippen molar-refractivity contribution in [1.29, 1.82) is 0 Å². The molecule has 1 aromatic carbocycles. The predicted molar refractivity (Wildman–Crippen MR) is 145 cm³/mol. The van der Waals surface area contributed by atoms with Crippen molar-refractivity contribution in [2.24, 2.45) is 0 Å². The second kappa shape index (κ2) is 13.7. The fourth-order valence-corrected chi connectivity index (χ4v) is 7.64. The zero-order chi connectivity index (χ0) is 26.1. The molecule has 0 aliphatic carbocycles. The summed E-state index contributed by atoms with van der Waals surface area (Å²) in [6.07, 6.45) is 3.72. The minimum atomic E-state index is -3.55. The molecule has 9 nitrogen and oxygen atoms in total. The number of nitrogens with zero attached hydrogens (tertiary/aromatic N) is 2. The van der Waals surface area contributed by atoms with E-state index in [2.05, 4.69) is 15.5 Å². The van der Waals surface area contributed by atoms with Gasteiger partial charge in [-0.2, -0.15) is 4.31 Å². The van der Waals surface area contributed by atoms with Crippen LogP contribution in [0.4, 0.5) is 0 Å². The molecule has 0 saturated carbocycles. The molecule has 2 aliphatic heterocycles. The summed E-state index contributed by atoms with van der Waals surface area (Å²) in [7, 11) is -2.00. The number of benzene rings is 1. The van der Waals surface area contributed by atoms with Crippen molar-refractivity contribution in [3.8, 4) is 5.75 Å². The quantitative estimate of drug-likeness (QED) is 0.415. The molecule has 0 radical (unpaired) electrons. The number of carbonyl (C=O) groups is 1. The monoisotopic (exact) mass is 550 g/mol. The number of rotatable bonds is 11. The van der Waals surface area contributed by atoms with E-state index >= 15 is 0 Å². The Bertz CT molecular complexity index is 1120. The molecule has 2 aromatic rings. The summed E-state index contributed by atoms with van der Waals surface area (Å²) in [4.78, 5) is 15.7. The first-order valence-electron chi connectivity index (χ1n) is 13.0. The molecule has 1 unspecified atom stereocenters. The van der Waals surface area contributed by atoms with Crippen LogP contribution in [-0.4, -0.2) is 89.2 Å². The molecule has 1 aromatic heterocycles. The van der Waals surface area contributed by atoms with Gasteiger partial charge in [-0.3, -0.25) is 9.69 Å². The highest BCUT2D eigenvalue weighted by atomic mass is 32.2. The van der Waals surface area contributed by atoms with Crippen LogP contribution < -0.4 is 15.4 Å². The van der Waals surface area contributed by atoms with Crippen LogP contribution in [-0.2, 0) is 21.3 Å². The summed E-state index contributed by atoms with van der Waals surface area (Å²) in [6, 6.07) is 10.7. The zero-order valence-electron chi connectivity index (χ0n) is 21.5. The summed E-state index contributed by atoms with van der Waals surface area (Å²) in [5.74, 6) is 0.382. The van der Waals surface area contributed by atoms with Gasteiger partial charge in [0.15, 0.2) is 0 Å². The molecule has 11 heteroatoms. The van der Waals surface area contributed by atoms with E-state index in [-0.39, 0.29) is 12.5 Å². The summed E-state index contributed by atoms with van der Waals surface area (Å²) in [6.45, 7) is 7.01. The molecule has 3 heterocycles. The molecule has 2 fully saturated rings. The fourth-order valence-electron chi connectivity index (χ4n) is 4.70. The highest BCUT2D eigenvalue weighted by Crippen LogP contribution is 2.27. The van der Waals surface area contributed by atoms with E-state index in [1.165, 1.54) is 11.3 Å². The molecular weight excluding hydrogens is 512 g/mol. The lowest BCUT2D eigenvalue weighted by molar-refractivity contribution is 0.0373. The molecule has 4 rings (SSSR count). The molecule has 0 bridgehead atoms. The number of hydrogen-bond donors (Lipinski definition) is 2. The van der Waals surface area contributed by atoms with Crippen LogP contribution in [0, 0.1) is 0 Å². The van der Waals surface area contributed by atoms with Gasteiger partial charge in [0.2, 0.25) is 0 Å².